The van der Waals surface area contributed by atoms with Gasteiger partial charge in [0.25, 0.3) is 5.91 Å². The Bertz CT molecular complexity index is 987. The van der Waals surface area contributed by atoms with Crippen molar-refractivity contribution in [2.45, 2.75) is 11.8 Å². The third-order valence-electron chi connectivity index (χ3n) is 4.34. The first-order valence-corrected chi connectivity index (χ1v) is 11.0. The molecule has 0 aliphatic carbocycles. The number of para-hydroxylation sites is 1. The lowest BCUT2D eigenvalue weighted by Gasteiger charge is -2.26. The second-order valence-corrected chi connectivity index (χ2v) is 9.13. The zero-order valence-electron chi connectivity index (χ0n) is 15.7. The Morgan fingerprint density at radius 3 is 2.45 bits per heavy atom. The first kappa shape index (κ1) is 21.9. The van der Waals surface area contributed by atoms with Crippen LogP contribution in [0, 0.1) is 6.92 Å². The molecular weight excluding hydrogens is 439 g/mol. The van der Waals surface area contributed by atoms with Crippen LogP contribution in [-0.2, 0) is 19.6 Å². The topological polar surface area (TPSA) is 84.9 Å². The average molecular weight is 459 g/mol. The summed E-state index contributed by atoms with van der Waals surface area (Å²) >= 11 is 12.1. The van der Waals surface area contributed by atoms with E-state index in [1.807, 2.05) is 0 Å². The summed E-state index contributed by atoms with van der Waals surface area (Å²) in [6.07, 6.45) is 0. The maximum atomic E-state index is 12.7. The molecule has 1 N–H and O–H groups in total. The van der Waals surface area contributed by atoms with Gasteiger partial charge in [-0.05, 0) is 42.8 Å². The number of carbonyl (C=O) groups excluding carboxylic acids is 1. The van der Waals surface area contributed by atoms with E-state index in [4.69, 9.17) is 32.7 Å². The van der Waals surface area contributed by atoms with Crippen LogP contribution in [0.2, 0.25) is 10.0 Å². The number of rotatable bonds is 6. The summed E-state index contributed by atoms with van der Waals surface area (Å²) in [4.78, 5) is 12.3. The lowest BCUT2D eigenvalue weighted by molar-refractivity contribution is -0.118. The highest BCUT2D eigenvalue weighted by atomic mass is 35.5. The number of hydrogen-bond donors (Lipinski definition) is 1. The number of nitrogens with zero attached hydrogens (tertiary/aromatic N) is 1. The Morgan fingerprint density at radius 2 is 1.83 bits per heavy atom. The van der Waals surface area contributed by atoms with Crippen molar-refractivity contribution in [2.24, 2.45) is 0 Å². The lowest BCUT2D eigenvalue weighted by Crippen LogP contribution is -2.40. The van der Waals surface area contributed by atoms with Crippen LogP contribution in [-0.4, -0.2) is 51.5 Å². The second kappa shape index (κ2) is 9.32. The number of halogens is 2. The predicted molar refractivity (Wildman–Crippen MR) is 111 cm³/mol. The fourth-order valence-corrected chi connectivity index (χ4v) is 4.80. The first-order valence-electron chi connectivity index (χ1n) is 8.84. The van der Waals surface area contributed by atoms with Crippen molar-refractivity contribution in [3.8, 4) is 5.75 Å². The van der Waals surface area contributed by atoms with Crippen molar-refractivity contribution < 1.29 is 22.7 Å². The second-order valence-electron chi connectivity index (χ2n) is 6.38. The molecule has 0 atom stereocenters. The Hall–Kier alpha value is -1.84. The quantitative estimate of drug-likeness (QED) is 0.717. The Morgan fingerprint density at radius 1 is 1.17 bits per heavy atom. The van der Waals surface area contributed by atoms with E-state index in [-0.39, 0.29) is 11.5 Å². The molecule has 2 aromatic rings. The molecule has 29 heavy (non-hydrogen) atoms. The van der Waals surface area contributed by atoms with E-state index >= 15 is 0 Å². The summed E-state index contributed by atoms with van der Waals surface area (Å²) in [5.74, 6) is -0.0317. The number of hydrogen-bond acceptors (Lipinski definition) is 5. The molecule has 0 aromatic heterocycles. The highest BCUT2D eigenvalue weighted by Gasteiger charge is 2.26. The van der Waals surface area contributed by atoms with E-state index in [0.29, 0.717) is 53.3 Å². The van der Waals surface area contributed by atoms with Crippen LogP contribution in [0.15, 0.2) is 41.3 Å². The van der Waals surface area contributed by atoms with Crippen LogP contribution < -0.4 is 10.1 Å². The fraction of sp³-hybridized carbons (Fsp3) is 0.316. The summed E-state index contributed by atoms with van der Waals surface area (Å²) in [6.45, 7) is 2.84. The highest BCUT2D eigenvalue weighted by Crippen LogP contribution is 2.30. The highest BCUT2D eigenvalue weighted by molar-refractivity contribution is 7.89. The number of nitrogens with one attached hydrogen (secondary N) is 1. The molecular formula is C19H20Cl2N2O5S. The van der Waals surface area contributed by atoms with Crippen LogP contribution in [0.5, 0.6) is 5.75 Å². The van der Waals surface area contributed by atoms with E-state index in [9.17, 15) is 13.2 Å². The molecule has 3 rings (SSSR count). The van der Waals surface area contributed by atoms with E-state index in [1.165, 1.54) is 16.4 Å². The molecule has 0 unspecified atom stereocenters. The summed E-state index contributed by atoms with van der Waals surface area (Å²) < 4.78 is 37.6. The van der Waals surface area contributed by atoms with Gasteiger partial charge < -0.3 is 14.8 Å². The number of benzene rings is 2. The average Bonchev–Trinajstić information content (AvgIpc) is 2.70. The Labute approximate surface area is 179 Å². The lowest BCUT2D eigenvalue weighted by atomic mass is 10.2. The molecule has 1 aliphatic rings. The van der Waals surface area contributed by atoms with Crippen LogP contribution in [0.4, 0.5) is 5.69 Å². The molecule has 156 valence electrons. The molecule has 1 heterocycles. The number of carbonyl (C=O) groups is 1. The molecule has 0 spiro atoms. The smallest absolute Gasteiger partial charge is 0.262 e. The van der Waals surface area contributed by atoms with Crippen molar-refractivity contribution in [3.63, 3.8) is 0 Å². The zero-order chi connectivity index (χ0) is 21.0. The first-order chi connectivity index (χ1) is 13.8. The van der Waals surface area contributed by atoms with Gasteiger partial charge in [-0.25, -0.2) is 8.42 Å². The van der Waals surface area contributed by atoms with Crippen molar-refractivity contribution in [1.82, 2.24) is 4.31 Å². The molecule has 0 saturated carbocycles. The van der Waals surface area contributed by atoms with Gasteiger partial charge >= 0.3 is 0 Å². The minimum Gasteiger partial charge on any atom is -0.483 e. The van der Waals surface area contributed by atoms with Crippen LogP contribution in [0.1, 0.15) is 5.56 Å². The monoisotopic (exact) mass is 458 g/mol. The molecule has 1 fully saturated rings. The van der Waals surface area contributed by atoms with Crippen molar-refractivity contribution in [1.29, 1.82) is 0 Å². The molecule has 0 radical (unpaired) electrons. The predicted octanol–water partition coefficient (Wildman–Crippen LogP) is 3.34. The Kier molecular flexibility index (Phi) is 7.02. The van der Waals surface area contributed by atoms with Crippen LogP contribution >= 0.6 is 23.2 Å². The van der Waals surface area contributed by atoms with Crippen molar-refractivity contribution in [3.05, 3.63) is 52.0 Å². The standard InChI is InChI=1S/C19H20Cl2N2O5S/c1-13-11-14(29(25,26)23-7-9-27-10-8-23)5-6-17(13)28-12-18(24)22-19-15(20)3-2-4-16(19)21/h2-6,11H,7-10,12H2,1H3,(H,22,24). The van der Waals surface area contributed by atoms with E-state index in [1.54, 1.807) is 31.2 Å². The van der Waals surface area contributed by atoms with Crippen molar-refractivity contribution >= 4 is 44.8 Å². The van der Waals surface area contributed by atoms with Gasteiger partial charge in [0.1, 0.15) is 5.75 Å². The van der Waals surface area contributed by atoms with Gasteiger partial charge in [0, 0.05) is 13.1 Å². The van der Waals surface area contributed by atoms with E-state index in [0.717, 1.165) is 0 Å². The van der Waals surface area contributed by atoms with E-state index in [2.05, 4.69) is 5.32 Å². The summed E-state index contributed by atoms with van der Waals surface area (Å²) in [7, 11) is -3.59. The summed E-state index contributed by atoms with van der Waals surface area (Å²) in [6, 6.07) is 9.44. The number of morpholine rings is 1. The van der Waals surface area contributed by atoms with Gasteiger partial charge in [0.2, 0.25) is 10.0 Å². The molecule has 2 aromatic carbocycles. The minimum atomic E-state index is -3.59. The van der Waals surface area contributed by atoms with Gasteiger partial charge in [-0.3, -0.25) is 4.79 Å². The third-order valence-corrected chi connectivity index (χ3v) is 6.86. The van der Waals surface area contributed by atoms with Gasteiger partial charge in [0.05, 0.1) is 33.8 Å². The Balaban J connectivity index is 1.65. The number of anilines is 1. The van der Waals surface area contributed by atoms with Gasteiger partial charge in [0.15, 0.2) is 6.61 Å². The molecule has 0 bridgehead atoms. The molecule has 10 heteroatoms. The molecule has 1 aliphatic heterocycles. The number of amides is 1. The van der Waals surface area contributed by atoms with E-state index < -0.39 is 15.9 Å². The maximum Gasteiger partial charge on any atom is 0.262 e. The van der Waals surface area contributed by atoms with Crippen molar-refractivity contribution in [2.75, 3.05) is 38.2 Å². The van der Waals surface area contributed by atoms with Gasteiger partial charge in [-0.2, -0.15) is 4.31 Å². The minimum absolute atomic E-state index is 0.177. The summed E-state index contributed by atoms with van der Waals surface area (Å²) in [5.41, 5.74) is 0.913. The van der Waals surface area contributed by atoms with Gasteiger partial charge in [-0.15, -0.1) is 0 Å². The number of sulfonamides is 1. The maximum absolute atomic E-state index is 12.7. The fourth-order valence-electron chi connectivity index (χ4n) is 2.82. The number of aryl methyl sites for hydroxylation is 1. The SMILES string of the molecule is Cc1cc(S(=O)(=O)N2CCOCC2)ccc1OCC(=O)Nc1c(Cl)cccc1Cl. The zero-order valence-corrected chi connectivity index (χ0v) is 18.0. The normalized spacial score (nSPS) is 15.1. The molecule has 1 amide bonds. The van der Waals surface area contributed by atoms with Crippen LogP contribution in [0.3, 0.4) is 0 Å². The number of ether oxygens (including phenoxy) is 2. The third kappa shape index (κ3) is 5.21. The van der Waals surface area contributed by atoms with Crippen LogP contribution in [0.25, 0.3) is 0 Å². The molecule has 7 nitrogen and oxygen atoms in total. The van der Waals surface area contributed by atoms with Gasteiger partial charge in [-0.1, -0.05) is 29.3 Å². The largest absolute Gasteiger partial charge is 0.483 e. The molecule has 1 saturated heterocycles. The summed E-state index contributed by atoms with van der Waals surface area (Å²) in [5, 5.41) is 3.24.